The summed E-state index contributed by atoms with van der Waals surface area (Å²) >= 11 is 1.58. The molecule has 0 saturated carbocycles. The van der Waals surface area contributed by atoms with Gasteiger partial charge in [0.25, 0.3) is 0 Å². The average molecular weight is 317 g/mol. The molecular weight excluding hydrogens is 298 g/mol. The largest absolute Gasteiger partial charge is 0.377 e. The zero-order chi connectivity index (χ0) is 15.4. The Hall–Kier alpha value is -1.92. The molecule has 0 aliphatic carbocycles. The molecule has 22 heavy (non-hydrogen) atoms. The van der Waals surface area contributed by atoms with E-state index in [4.69, 9.17) is 4.74 Å². The first-order valence-electron chi connectivity index (χ1n) is 7.43. The van der Waals surface area contributed by atoms with Gasteiger partial charge in [-0.15, -0.1) is 11.3 Å². The lowest BCUT2D eigenvalue weighted by Crippen LogP contribution is -2.50. The quantitative estimate of drug-likeness (QED) is 0.943. The SMILES string of the molecule is CCC1COCCN1C(=O)Nc1cccc(-c2nccs2)c1. The molecule has 3 rings (SSSR count). The van der Waals surface area contributed by atoms with E-state index in [1.54, 1.807) is 17.5 Å². The van der Waals surface area contributed by atoms with E-state index in [2.05, 4.69) is 17.2 Å². The number of carbonyl (C=O) groups excluding carboxylic acids is 1. The maximum atomic E-state index is 12.5. The molecule has 1 aromatic heterocycles. The van der Waals surface area contributed by atoms with Gasteiger partial charge >= 0.3 is 6.03 Å². The van der Waals surface area contributed by atoms with Crippen LogP contribution >= 0.6 is 11.3 Å². The fourth-order valence-electron chi connectivity index (χ4n) is 2.55. The van der Waals surface area contributed by atoms with Gasteiger partial charge < -0.3 is 15.0 Å². The van der Waals surface area contributed by atoms with Crippen LogP contribution in [0.4, 0.5) is 10.5 Å². The first-order valence-corrected chi connectivity index (χ1v) is 8.31. The van der Waals surface area contributed by atoms with Crippen LogP contribution in [0.1, 0.15) is 13.3 Å². The molecule has 1 fully saturated rings. The molecular formula is C16H19N3O2S. The van der Waals surface area contributed by atoms with Crippen LogP contribution in [0.25, 0.3) is 10.6 Å². The second kappa shape index (κ2) is 6.89. The molecule has 1 aromatic carbocycles. The van der Waals surface area contributed by atoms with E-state index in [1.807, 2.05) is 34.5 Å². The van der Waals surface area contributed by atoms with Crippen molar-refractivity contribution in [3.8, 4) is 10.6 Å². The smallest absolute Gasteiger partial charge is 0.322 e. The summed E-state index contributed by atoms with van der Waals surface area (Å²) in [6.07, 6.45) is 2.68. The second-order valence-electron chi connectivity index (χ2n) is 5.18. The van der Waals surface area contributed by atoms with E-state index in [0.29, 0.717) is 19.8 Å². The molecule has 6 heteroatoms. The van der Waals surface area contributed by atoms with Crippen LogP contribution in [0, 0.1) is 0 Å². The van der Waals surface area contributed by atoms with Crippen LogP contribution in [-0.4, -0.2) is 41.7 Å². The van der Waals surface area contributed by atoms with Crippen molar-refractivity contribution in [1.82, 2.24) is 9.88 Å². The van der Waals surface area contributed by atoms with E-state index in [1.165, 1.54) is 0 Å². The highest BCUT2D eigenvalue weighted by Crippen LogP contribution is 2.24. The van der Waals surface area contributed by atoms with Crippen molar-refractivity contribution in [2.45, 2.75) is 19.4 Å². The maximum Gasteiger partial charge on any atom is 0.322 e. The number of hydrogen-bond acceptors (Lipinski definition) is 4. The van der Waals surface area contributed by atoms with Crippen molar-refractivity contribution in [1.29, 1.82) is 0 Å². The number of amides is 2. The predicted molar refractivity (Wildman–Crippen MR) is 88.2 cm³/mol. The maximum absolute atomic E-state index is 12.5. The molecule has 0 radical (unpaired) electrons. The monoisotopic (exact) mass is 317 g/mol. The Labute approximate surface area is 133 Å². The van der Waals surface area contributed by atoms with Crippen LogP contribution in [0.15, 0.2) is 35.8 Å². The zero-order valence-electron chi connectivity index (χ0n) is 12.5. The van der Waals surface area contributed by atoms with E-state index in [9.17, 15) is 4.79 Å². The van der Waals surface area contributed by atoms with Crippen molar-refractivity contribution >= 4 is 23.1 Å². The minimum absolute atomic E-state index is 0.0635. The third kappa shape index (κ3) is 3.28. The van der Waals surface area contributed by atoms with Crippen molar-refractivity contribution in [2.24, 2.45) is 0 Å². The molecule has 2 amide bonds. The summed E-state index contributed by atoms with van der Waals surface area (Å²) in [6.45, 7) is 3.92. The Morgan fingerprint density at radius 3 is 3.23 bits per heavy atom. The Morgan fingerprint density at radius 2 is 2.45 bits per heavy atom. The van der Waals surface area contributed by atoms with Gasteiger partial charge in [0.15, 0.2) is 0 Å². The highest BCUT2D eigenvalue weighted by atomic mass is 32.1. The predicted octanol–water partition coefficient (Wildman–Crippen LogP) is 3.45. The molecule has 1 unspecified atom stereocenters. The number of nitrogens with zero attached hydrogens (tertiary/aromatic N) is 2. The van der Waals surface area contributed by atoms with E-state index >= 15 is 0 Å². The minimum atomic E-state index is -0.0635. The molecule has 1 atom stereocenters. The molecule has 1 N–H and O–H groups in total. The van der Waals surface area contributed by atoms with E-state index in [0.717, 1.165) is 22.7 Å². The van der Waals surface area contributed by atoms with Crippen LogP contribution in [-0.2, 0) is 4.74 Å². The standard InChI is InChI=1S/C16H19N3O2S/c1-2-14-11-21-8-7-19(14)16(20)18-13-5-3-4-12(10-13)15-17-6-9-22-15/h3-6,9-10,14H,2,7-8,11H2,1H3,(H,18,20). The Morgan fingerprint density at radius 1 is 1.55 bits per heavy atom. The summed E-state index contributed by atoms with van der Waals surface area (Å²) in [5.74, 6) is 0. The molecule has 1 saturated heterocycles. The Balaban J connectivity index is 1.72. The lowest BCUT2D eigenvalue weighted by molar-refractivity contribution is 0.0144. The number of rotatable bonds is 3. The molecule has 116 valence electrons. The van der Waals surface area contributed by atoms with Gasteiger partial charge in [0, 0.05) is 29.4 Å². The van der Waals surface area contributed by atoms with Crippen LogP contribution in [0.3, 0.4) is 0 Å². The number of hydrogen-bond donors (Lipinski definition) is 1. The van der Waals surface area contributed by atoms with E-state index in [-0.39, 0.29) is 12.1 Å². The third-order valence-electron chi connectivity index (χ3n) is 3.75. The number of benzene rings is 1. The van der Waals surface area contributed by atoms with Gasteiger partial charge in [-0.05, 0) is 18.6 Å². The van der Waals surface area contributed by atoms with Crippen molar-refractivity contribution in [3.63, 3.8) is 0 Å². The zero-order valence-corrected chi connectivity index (χ0v) is 13.3. The van der Waals surface area contributed by atoms with Gasteiger partial charge in [-0.3, -0.25) is 0 Å². The molecule has 1 aliphatic rings. The van der Waals surface area contributed by atoms with Crippen LogP contribution in [0.5, 0.6) is 0 Å². The lowest BCUT2D eigenvalue weighted by atomic mass is 10.2. The van der Waals surface area contributed by atoms with Crippen molar-refractivity contribution < 1.29 is 9.53 Å². The minimum Gasteiger partial charge on any atom is -0.377 e. The van der Waals surface area contributed by atoms with Crippen molar-refractivity contribution in [3.05, 3.63) is 35.8 Å². The van der Waals surface area contributed by atoms with Gasteiger partial charge in [0.1, 0.15) is 5.01 Å². The Bertz CT molecular complexity index is 630. The molecule has 0 spiro atoms. The Kier molecular flexibility index (Phi) is 4.70. The third-order valence-corrected chi connectivity index (χ3v) is 4.57. The van der Waals surface area contributed by atoms with Crippen LogP contribution in [0.2, 0.25) is 0 Å². The molecule has 2 heterocycles. The van der Waals surface area contributed by atoms with Gasteiger partial charge in [-0.1, -0.05) is 19.1 Å². The number of carbonyl (C=O) groups is 1. The van der Waals surface area contributed by atoms with Crippen LogP contribution < -0.4 is 5.32 Å². The summed E-state index contributed by atoms with van der Waals surface area (Å²) in [5.41, 5.74) is 1.81. The molecule has 2 aromatic rings. The highest BCUT2D eigenvalue weighted by molar-refractivity contribution is 7.13. The fourth-order valence-corrected chi connectivity index (χ4v) is 3.19. The normalized spacial score (nSPS) is 18.2. The number of ether oxygens (including phenoxy) is 1. The topological polar surface area (TPSA) is 54.5 Å². The summed E-state index contributed by atoms with van der Waals surface area (Å²) in [4.78, 5) is 18.6. The van der Waals surface area contributed by atoms with Gasteiger partial charge in [-0.25, -0.2) is 9.78 Å². The average Bonchev–Trinajstić information content (AvgIpc) is 3.09. The summed E-state index contributed by atoms with van der Waals surface area (Å²) in [7, 11) is 0. The number of urea groups is 1. The number of thiazole rings is 1. The molecule has 1 aliphatic heterocycles. The molecule has 0 bridgehead atoms. The number of nitrogens with one attached hydrogen (secondary N) is 1. The molecule has 5 nitrogen and oxygen atoms in total. The summed E-state index contributed by atoms with van der Waals surface area (Å²) in [6, 6.07) is 7.87. The number of morpholine rings is 1. The van der Waals surface area contributed by atoms with Gasteiger partial charge in [0.05, 0.1) is 19.3 Å². The second-order valence-corrected chi connectivity index (χ2v) is 6.07. The fraction of sp³-hybridized carbons (Fsp3) is 0.375. The van der Waals surface area contributed by atoms with Gasteiger partial charge in [0.2, 0.25) is 0 Å². The highest BCUT2D eigenvalue weighted by Gasteiger charge is 2.25. The first kappa shape index (κ1) is 15.0. The van der Waals surface area contributed by atoms with Gasteiger partial charge in [-0.2, -0.15) is 0 Å². The summed E-state index contributed by atoms with van der Waals surface area (Å²) < 4.78 is 5.44. The summed E-state index contributed by atoms with van der Waals surface area (Å²) in [5, 5.41) is 5.88. The first-order chi connectivity index (χ1) is 10.8. The number of anilines is 1. The van der Waals surface area contributed by atoms with E-state index < -0.39 is 0 Å². The lowest BCUT2D eigenvalue weighted by Gasteiger charge is -2.35. The van der Waals surface area contributed by atoms with Crippen molar-refractivity contribution in [2.75, 3.05) is 25.1 Å². The number of aromatic nitrogens is 1.